The lowest BCUT2D eigenvalue weighted by Crippen LogP contribution is -1.79. The fraction of sp³-hybridized carbons (Fsp3) is 0.667. The van der Waals surface area contributed by atoms with Gasteiger partial charge in [-0.15, -0.1) is 0 Å². The molecule has 0 radical (unpaired) electrons. The van der Waals surface area contributed by atoms with Crippen LogP contribution in [0.2, 0.25) is 0 Å². The second kappa shape index (κ2) is 7.80. The molecule has 11 heavy (non-hydrogen) atoms. The van der Waals surface area contributed by atoms with Crippen LogP contribution in [0.25, 0.3) is 0 Å². The molecule has 0 rings (SSSR count). The van der Waals surface area contributed by atoms with Gasteiger partial charge in [-0.05, 0) is 24.4 Å². The highest BCUT2D eigenvalue weighted by Gasteiger charge is 1.87. The van der Waals surface area contributed by atoms with Crippen molar-refractivity contribution in [2.45, 2.75) is 39.0 Å². The maximum absolute atomic E-state index is 10.2. The van der Waals surface area contributed by atoms with Crippen molar-refractivity contribution in [1.82, 2.24) is 0 Å². The minimum Gasteiger partial charge on any atom is -0.281 e. The van der Waals surface area contributed by atoms with Crippen LogP contribution in [0.5, 0.6) is 0 Å². The highest BCUT2D eigenvalue weighted by atomic mass is 35.5. The maximum atomic E-state index is 10.2. The lowest BCUT2D eigenvalue weighted by atomic mass is 10.2. The summed E-state index contributed by atoms with van der Waals surface area (Å²) in [6.45, 7) is 2.17. The van der Waals surface area contributed by atoms with E-state index in [1.807, 2.05) is 12.2 Å². The molecular weight excluding hydrogens is 160 g/mol. The van der Waals surface area contributed by atoms with Crippen LogP contribution in [0.4, 0.5) is 0 Å². The van der Waals surface area contributed by atoms with Crippen molar-refractivity contribution in [3.8, 4) is 0 Å². The van der Waals surface area contributed by atoms with E-state index in [0.29, 0.717) is 6.42 Å². The van der Waals surface area contributed by atoms with Crippen LogP contribution >= 0.6 is 11.6 Å². The Morgan fingerprint density at radius 1 is 1.36 bits per heavy atom. The molecule has 0 aliphatic carbocycles. The van der Waals surface area contributed by atoms with Crippen LogP contribution in [0.3, 0.4) is 0 Å². The molecule has 0 fully saturated rings. The van der Waals surface area contributed by atoms with Gasteiger partial charge in [0.15, 0.2) is 0 Å². The van der Waals surface area contributed by atoms with Gasteiger partial charge in [0.05, 0.1) is 0 Å². The lowest BCUT2D eigenvalue weighted by molar-refractivity contribution is -0.110. The monoisotopic (exact) mass is 174 g/mol. The Morgan fingerprint density at radius 2 is 2.09 bits per heavy atom. The van der Waals surface area contributed by atoms with Gasteiger partial charge in [-0.1, -0.05) is 31.9 Å². The number of rotatable bonds is 6. The van der Waals surface area contributed by atoms with Gasteiger partial charge in [-0.2, -0.15) is 0 Å². The summed E-state index contributed by atoms with van der Waals surface area (Å²) in [5.74, 6) is 0. The molecule has 2 heteroatoms. The van der Waals surface area contributed by atoms with Gasteiger partial charge in [-0.25, -0.2) is 0 Å². The van der Waals surface area contributed by atoms with Crippen LogP contribution in [-0.2, 0) is 4.79 Å². The third-order valence-electron chi connectivity index (χ3n) is 1.42. The molecule has 0 atom stereocenters. The number of unbranched alkanes of at least 4 members (excludes halogenated alkanes) is 3. The van der Waals surface area contributed by atoms with Crippen molar-refractivity contribution in [2.75, 3.05) is 0 Å². The minimum absolute atomic E-state index is 0.281. The smallest absolute Gasteiger partial charge is 0.225 e. The van der Waals surface area contributed by atoms with Crippen molar-refractivity contribution in [1.29, 1.82) is 0 Å². The maximum Gasteiger partial charge on any atom is 0.225 e. The van der Waals surface area contributed by atoms with E-state index in [9.17, 15) is 4.79 Å². The van der Waals surface area contributed by atoms with Crippen LogP contribution < -0.4 is 0 Å². The Labute approximate surface area is 73.4 Å². The van der Waals surface area contributed by atoms with Crippen LogP contribution in [-0.4, -0.2) is 5.24 Å². The van der Waals surface area contributed by atoms with Crippen molar-refractivity contribution < 1.29 is 4.79 Å². The molecule has 0 aliphatic rings. The summed E-state index contributed by atoms with van der Waals surface area (Å²) in [6, 6.07) is 0. The minimum atomic E-state index is -0.281. The Kier molecular flexibility index (Phi) is 7.59. The Balaban J connectivity index is 3.10. The standard InChI is InChI=1S/C9H15ClO/c1-2-3-4-5-6-7-8-9(10)11/h6-7H,2-5,8H2,1H3. The van der Waals surface area contributed by atoms with E-state index in [2.05, 4.69) is 6.92 Å². The summed E-state index contributed by atoms with van der Waals surface area (Å²) >= 11 is 5.13. The molecule has 0 amide bonds. The van der Waals surface area contributed by atoms with Gasteiger partial charge in [0.25, 0.3) is 0 Å². The SMILES string of the molecule is CCCCCC=CCC(=O)Cl. The van der Waals surface area contributed by atoms with Gasteiger partial charge in [0.1, 0.15) is 0 Å². The highest BCUT2D eigenvalue weighted by molar-refractivity contribution is 6.63. The fourth-order valence-corrected chi connectivity index (χ4v) is 0.895. The van der Waals surface area contributed by atoms with Crippen molar-refractivity contribution in [3.63, 3.8) is 0 Å². The van der Waals surface area contributed by atoms with Gasteiger partial charge in [0, 0.05) is 6.42 Å². The van der Waals surface area contributed by atoms with E-state index in [1.54, 1.807) is 0 Å². The second-order valence-corrected chi connectivity index (χ2v) is 2.95. The number of hydrogen-bond acceptors (Lipinski definition) is 1. The number of allylic oxidation sites excluding steroid dienone is 2. The second-order valence-electron chi connectivity index (χ2n) is 2.53. The Hall–Kier alpha value is -0.300. The van der Waals surface area contributed by atoms with E-state index in [0.717, 1.165) is 6.42 Å². The number of carbonyl (C=O) groups is 1. The summed E-state index contributed by atoms with van der Waals surface area (Å²) < 4.78 is 0. The van der Waals surface area contributed by atoms with E-state index in [1.165, 1.54) is 19.3 Å². The first-order valence-electron chi connectivity index (χ1n) is 4.10. The molecule has 0 saturated carbocycles. The first kappa shape index (κ1) is 10.7. The highest BCUT2D eigenvalue weighted by Crippen LogP contribution is 2.00. The number of halogens is 1. The average molecular weight is 175 g/mol. The molecule has 64 valence electrons. The van der Waals surface area contributed by atoms with E-state index < -0.39 is 0 Å². The summed E-state index contributed by atoms with van der Waals surface area (Å²) in [4.78, 5) is 10.2. The molecule has 0 aromatic carbocycles. The molecular formula is C9H15ClO. The van der Waals surface area contributed by atoms with Gasteiger partial charge >= 0.3 is 0 Å². The summed E-state index contributed by atoms with van der Waals surface area (Å²) in [5.41, 5.74) is 0. The molecule has 0 aliphatic heterocycles. The van der Waals surface area contributed by atoms with Crippen LogP contribution in [0.1, 0.15) is 39.0 Å². The topological polar surface area (TPSA) is 17.1 Å². The predicted octanol–water partition coefficient (Wildman–Crippen LogP) is 3.28. The third-order valence-corrected chi connectivity index (χ3v) is 1.57. The molecule has 0 spiro atoms. The summed E-state index contributed by atoms with van der Waals surface area (Å²) in [7, 11) is 0. The first-order chi connectivity index (χ1) is 5.27. The lowest BCUT2D eigenvalue weighted by Gasteiger charge is -1.90. The van der Waals surface area contributed by atoms with Gasteiger partial charge in [-0.3, -0.25) is 4.79 Å². The van der Waals surface area contributed by atoms with Crippen LogP contribution in [0.15, 0.2) is 12.2 Å². The fourth-order valence-electron chi connectivity index (χ4n) is 0.806. The average Bonchev–Trinajstić information content (AvgIpc) is 1.96. The van der Waals surface area contributed by atoms with E-state index >= 15 is 0 Å². The Bertz CT molecular complexity index is 130. The summed E-state index contributed by atoms with van der Waals surface area (Å²) in [6.07, 6.45) is 9.01. The van der Waals surface area contributed by atoms with E-state index in [4.69, 9.17) is 11.6 Å². The molecule has 0 aromatic heterocycles. The molecule has 0 N–H and O–H groups in total. The van der Waals surface area contributed by atoms with E-state index in [-0.39, 0.29) is 5.24 Å². The Morgan fingerprint density at radius 3 is 2.64 bits per heavy atom. The third kappa shape index (κ3) is 9.70. The predicted molar refractivity (Wildman–Crippen MR) is 48.8 cm³/mol. The molecule has 0 aromatic rings. The largest absolute Gasteiger partial charge is 0.281 e. The van der Waals surface area contributed by atoms with Crippen molar-refractivity contribution in [2.24, 2.45) is 0 Å². The van der Waals surface area contributed by atoms with Crippen molar-refractivity contribution >= 4 is 16.8 Å². The number of hydrogen-bond donors (Lipinski definition) is 0. The molecule has 0 bridgehead atoms. The van der Waals surface area contributed by atoms with Gasteiger partial charge in [0.2, 0.25) is 5.24 Å². The van der Waals surface area contributed by atoms with Crippen LogP contribution in [0, 0.1) is 0 Å². The normalized spacial score (nSPS) is 10.7. The zero-order chi connectivity index (χ0) is 8.53. The van der Waals surface area contributed by atoms with Gasteiger partial charge < -0.3 is 0 Å². The quantitative estimate of drug-likeness (QED) is 0.343. The molecule has 1 nitrogen and oxygen atoms in total. The number of carbonyl (C=O) groups excluding carboxylic acids is 1. The first-order valence-corrected chi connectivity index (χ1v) is 4.48. The molecule has 0 heterocycles. The zero-order valence-electron chi connectivity index (χ0n) is 6.98. The summed E-state index contributed by atoms with van der Waals surface area (Å²) in [5, 5.41) is -0.281. The molecule has 0 unspecified atom stereocenters. The zero-order valence-corrected chi connectivity index (χ0v) is 7.73. The van der Waals surface area contributed by atoms with Crippen molar-refractivity contribution in [3.05, 3.63) is 12.2 Å². The molecule has 0 saturated heterocycles.